The summed E-state index contributed by atoms with van der Waals surface area (Å²) >= 11 is 0. The molecule has 0 radical (unpaired) electrons. The van der Waals surface area contributed by atoms with E-state index in [-0.39, 0.29) is 5.69 Å². The van der Waals surface area contributed by atoms with Crippen molar-refractivity contribution in [3.8, 4) is 0 Å². The predicted molar refractivity (Wildman–Crippen MR) is 110 cm³/mol. The van der Waals surface area contributed by atoms with Crippen molar-refractivity contribution in [1.82, 2.24) is 0 Å². The third-order valence-electron chi connectivity index (χ3n) is 5.74. The third-order valence-corrected chi connectivity index (χ3v) is 5.74. The fraction of sp³-hybridized carbons (Fsp3) is 0.632. The Bertz CT molecular complexity index is 914. The van der Waals surface area contributed by atoms with E-state index in [2.05, 4.69) is 5.32 Å². The Hall–Kier alpha value is -2.51. The number of nitro benzene ring substituents is 1. The molecular formula is C19H26N2O14. The average Bonchev–Trinajstić information content (AvgIpc) is 2.83. The average molecular weight is 506 g/mol. The number of aliphatic hydroxyl groups is 7. The molecule has 0 aromatic heterocycles. The lowest BCUT2D eigenvalue weighted by atomic mass is 9.96. The number of aromatic carboxylic acids is 1. The Morgan fingerprint density at radius 1 is 0.971 bits per heavy atom. The minimum Gasteiger partial charge on any atom is -0.477 e. The molecule has 1 aromatic carbocycles. The molecule has 0 saturated carbocycles. The van der Waals surface area contributed by atoms with Gasteiger partial charge in [-0.1, -0.05) is 0 Å². The second kappa shape index (κ2) is 11.0. The normalized spacial score (nSPS) is 37.6. The highest BCUT2D eigenvalue weighted by atomic mass is 16.7. The molecular weight excluding hydrogens is 480 g/mol. The van der Waals surface area contributed by atoms with Gasteiger partial charge in [0.25, 0.3) is 5.69 Å². The third kappa shape index (κ3) is 5.51. The van der Waals surface area contributed by atoms with Crippen LogP contribution in [0.4, 0.5) is 11.4 Å². The Morgan fingerprint density at radius 3 is 2.20 bits per heavy atom. The molecule has 35 heavy (non-hydrogen) atoms. The van der Waals surface area contributed by atoms with E-state index < -0.39 is 96.7 Å². The molecule has 1 aromatic rings. The Balaban J connectivity index is 1.76. The van der Waals surface area contributed by atoms with E-state index in [4.69, 9.17) is 19.3 Å². The number of anilines is 1. The van der Waals surface area contributed by atoms with Gasteiger partial charge in [-0.05, 0) is 12.1 Å². The summed E-state index contributed by atoms with van der Waals surface area (Å²) < 4.78 is 16.2. The Kier molecular flexibility index (Phi) is 8.54. The number of nitro groups is 1. The van der Waals surface area contributed by atoms with Crippen molar-refractivity contribution < 1.29 is 64.8 Å². The van der Waals surface area contributed by atoms with Crippen molar-refractivity contribution in [1.29, 1.82) is 0 Å². The molecule has 2 aliphatic heterocycles. The standard InChI is InChI=1S/C19H26N2O14/c22-4-9-11(24)12(25)15(28)19(34-9)35-16-10(5-23)33-17(14(27)13(16)26)20-6-1-2-7(18(29)30)8(3-6)21(31)32/h1-3,9-17,19-20,22-28H,4-5H2,(H,29,30)/t9-,10+,11-,12+,13+,14-,15-,16+,17+,19+/m0/s1. The summed E-state index contributed by atoms with van der Waals surface area (Å²) in [5.74, 6) is -1.53. The number of nitrogens with one attached hydrogen (secondary N) is 1. The summed E-state index contributed by atoms with van der Waals surface area (Å²) in [7, 11) is 0. The number of carbonyl (C=O) groups is 1. The molecule has 0 aliphatic carbocycles. The fourth-order valence-electron chi connectivity index (χ4n) is 3.83. The van der Waals surface area contributed by atoms with Crippen LogP contribution >= 0.6 is 0 Å². The van der Waals surface area contributed by atoms with Crippen LogP contribution < -0.4 is 5.32 Å². The molecule has 2 aliphatic rings. The highest BCUT2D eigenvalue weighted by molar-refractivity contribution is 5.93. The number of carboxylic acids is 1. The van der Waals surface area contributed by atoms with Gasteiger partial charge in [0.15, 0.2) is 12.5 Å². The van der Waals surface area contributed by atoms with Gasteiger partial charge in [-0.2, -0.15) is 0 Å². The molecule has 0 bridgehead atoms. The van der Waals surface area contributed by atoms with Crippen LogP contribution in [0.1, 0.15) is 10.4 Å². The van der Waals surface area contributed by atoms with E-state index >= 15 is 0 Å². The lowest BCUT2D eigenvalue weighted by molar-refractivity contribution is -0.385. The number of aliphatic hydroxyl groups excluding tert-OH is 7. The summed E-state index contributed by atoms with van der Waals surface area (Å²) in [5, 5.41) is 92.9. The number of nitrogens with zero attached hydrogens (tertiary/aromatic N) is 1. The molecule has 10 atom stereocenters. The number of ether oxygens (including phenoxy) is 3. The summed E-state index contributed by atoms with van der Waals surface area (Å²) in [5.41, 5.74) is -1.36. The molecule has 16 nitrogen and oxygen atoms in total. The summed E-state index contributed by atoms with van der Waals surface area (Å²) in [6.07, 6.45) is -16.2. The number of hydrogen-bond acceptors (Lipinski definition) is 14. The van der Waals surface area contributed by atoms with Crippen LogP contribution in [-0.4, -0.2) is 126 Å². The van der Waals surface area contributed by atoms with Crippen molar-refractivity contribution >= 4 is 17.3 Å². The van der Waals surface area contributed by atoms with Crippen molar-refractivity contribution in [3.05, 3.63) is 33.9 Å². The zero-order chi connectivity index (χ0) is 26.0. The van der Waals surface area contributed by atoms with Crippen LogP contribution in [0.25, 0.3) is 0 Å². The molecule has 196 valence electrons. The summed E-state index contributed by atoms with van der Waals surface area (Å²) in [6.45, 7) is -1.51. The van der Waals surface area contributed by atoms with E-state index in [9.17, 15) is 50.7 Å². The van der Waals surface area contributed by atoms with Crippen LogP contribution in [0.2, 0.25) is 0 Å². The number of rotatable bonds is 8. The minimum absolute atomic E-state index is 0.0389. The lowest BCUT2D eigenvalue weighted by Gasteiger charge is -2.46. The van der Waals surface area contributed by atoms with Crippen molar-refractivity contribution in [2.24, 2.45) is 0 Å². The zero-order valence-corrected chi connectivity index (χ0v) is 17.9. The Morgan fingerprint density at radius 2 is 1.63 bits per heavy atom. The zero-order valence-electron chi connectivity index (χ0n) is 17.9. The van der Waals surface area contributed by atoms with E-state index in [1.54, 1.807) is 0 Å². The van der Waals surface area contributed by atoms with Crippen molar-refractivity contribution in [2.45, 2.75) is 61.3 Å². The minimum atomic E-state index is -1.82. The summed E-state index contributed by atoms with van der Waals surface area (Å²) in [4.78, 5) is 21.5. The quantitative estimate of drug-likeness (QED) is 0.121. The first-order valence-electron chi connectivity index (χ1n) is 10.4. The van der Waals surface area contributed by atoms with Gasteiger partial charge in [0.1, 0.15) is 54.4 Å². The monoisotopic (exact) mass is 506 g/mol. The van der Waals surface area contributed by atoms with Gasteiger partial charge in [-0.25, -0.2) is 4.79 Å². The van der Waals surface area contributed by atoms with Gasteiger partial charge in [0.05, 0.1) is 18.1 Å². The SMILES string of the molecule is O=C(O)c1ccc(N[C@@H]2O[C@H](CO)[C@@H](O[C@H]3O[C@@H](CO)[C@H](O)[C@@H](O)[C@@H]3O)[C@H](O)[C@@H]2O)cc1[N+](=O)[O-]. The van der Waals surface area contributed by atoms with Crippen molar-refractivity contribution in [3.63, 3.8) is 0 Å². The molecule has 2 saturated heterocycles. The van der Waals surface area contributed by atoms with E-state index in [0.717, 1.165) is 12.1 Å². The largest absolute Gasteiger partial charge is 0.477 e. The smallest absolute Gasteiger partial charge is 0.342 e. The molecule has 0 amide bonds. The molecule has 9 N–H and O–H groups in total. The molecule has 0 unspecified atom stereocenters. The van der Waals surface area contributed by atoms with Gasteiger partial charge >= 0.3 is 5.97 Å². The second-order valence-corrected chi connectivity index (χ2v) is 8.00. The maximum atomic E-state index is 11.2. The fourth-order valence-corrected chi connectivity index (χ4v) is 3.83. The molecule has 2 fully saturated rings. The number of hydrogen-bond donors (Lipinski definition) is 9. The van der Waals surface area contributed by atoms with Crippen LogP contribution in [0.3, 0.4) is 0 Å². The molecule has 0 spiro atoms. The lowest BCUT2D eigenvalue weighted by Crippen LogP contribution is -2.65. The van der Waals surface area contributed by atoms with Crippen molar-refractivity contribution in [2.75, 3.05) is 18.5 Å². The Labute approximate surface area is 196 Å². The van der Waals surface area contributed by atoms with Gasteiger partial charge in [0.2, 0.25) is 0 Å². The molecule has 2 heterocycles. The topological polar surface area (TPSA) is 262 Å². The highest BCUT2D eigenvalue weighted by Crippen LogP contribution is 2.31. The number of benzene rings is 1. The van der Waals surface area contributed by atoms with Crippen LogP contribution in [-0.2, 0) is 14.2 Å². The number of carboxylic acid groups (broad SMARTS) is 1. The van der Waals surface area contributed by atoms with Gasteiger partial charge in [0, 0.05) is 11.8 Å². The first kappa shape index (κ1) is 27.1. The highest BCUT2D eigenvalue weighted by Gasteiger charge is 2.50. The summed E-state index contributed by atoms with van der Waals surface area (Å²) in [6, 6.07) is 3.02. The maximum Gasteiger partial charge on any atom is 0.342 e. The van der Waals surface area contributed by atoms with Crippen LogP contribution in [0.15, 0.2) is 18.2 Å². The van der Waals surface area contributed by atoms with E-state index in [1.807, 2.05) is 0 Å². The van der Waals surface area contributed by atoms with Crippen LogP contribution in [0, 0.1) is 10.1 Å². The first-order chi connectivity index (χ1) is 16.5. The van der Waals surface area contributed by atoms with Crippen LogP contribution in [0.5, 0.6) is 0 Å². The van der Waals surface area contributed by atoms with Gasteiger partial charge < -0.3 is 60.4 Å². The molecule has 16 heteroatoms. The second-order valence-electron chi connectivity index (χ2n) is 8.00. The van der Waals surface area contributed by atoms with Gasteiger partial charge in [-0.15, -0.1) is 0 Å². The predicted octanol–water partition coefficient (Wildman–Crippen LogP) is -3.67. The maximum absolute atomic E-state index is 11.2. The van der Waals surface area contributed by atoms with E-state index in [1.165, 1.54) is 6.07 Å². The molecule has 3 rings (SSSR count). The van der Waals surface area contributed by atoms with E-state index in [0.29, 0.717) is 0 Å². The first-order valence-corrected chi connectivity index (χ1v) is 10.4. The van der Waals surface area contributed by atoms with Gasteiger partial charge in [-0.3, -0.25) is 10.1 Å².